The van der Waals surface area contributed by atoms with Crippen molar-refractivity contribution in [3.63, 3.8) is 0 Å². The van der Waals surface area contributed by atoms with E-state index in [0.717, 1.165) is 16.9 Å². The smallest absolute Gasteiger partial charge is 0.239 e. The summed E-state index contributed by atoms with van der Waals surface area (Å²) in [6.45, 7) is 0.540. The summed E-state index contributed by atoms with van der Waals surface area (Å²) < 4.78 is 5.73. The van der Waals surface area contributed by atoms with Crippen LogP contribution in [0.25, 0.3) is 0 Å². The Kier molecular flexibility index (Phi) is 5.55. The van der Waals surface area contributed by atoms with E-state index in [1.54, 1.807) is 14.1 Å². The minimum absolute atomic E-state index is 0.0654. The Morgan fingerprint density at radius 3 is 2.27 bits per heavy atom. The Morgan fingerprint density at radius 1 is 1.05 bits per heavy atom. The zero-order valence-electron chi connectivity index (χ0n) is 13.0. The van der Waals surface area contributed by atoms with Gasteiger partial charge in [0.1, 0.15) is 12.4 Å². The molecule has 0 saturated carbocycles. The molecule has 0 aliphatic heterocycles. The van der Waals surface area contributed by atoms with E-state index in [-0.39, 0.29) is 5.91 Å². The third-order valence-corrected chi connectivity index (χ3v) is 3.39. The van der Waals surface area contributed by atoms with Gasteiger partial charge in [-0.2, -0.15) is 0 Å². The van der Waals surface area contributed by atoms with E-state index in [4.69, 9.17) is 10.5 Å². The molecule has 2 N–H and O–H groups in total. The molecule has 0 heterocycles. The highest BCUT2D eigenvalue weighted by Gasteiger charge is 2.15. The molecule has 1 amide bonds. The Bertz CT molecular complexity index is 594. The largest absolute Gasteiger partial charge is 0.489 e. The van der Waals surface area contributed by atoms with Crippen molar-refractivity contribution in [2.45, 2.75) is 19.1 Å². The van der Waals surface area contributed by atoms with E-state index in [2.05, 4.69) is 0 Å². The number of likely N-dealkylation sites (N-methyl/N-ethyl adjacent to an activating group) is 1. The highest BCUT2D eigenvalue weighted by molar-refractivity contribution is 5.81. The minimum Gasteiger partial charge on any atom is -0.489 e. The molecule has 0 aliphatic carbocycles. The lowest BCUT2D eigenvalue weighted by atomic mass is 10.1. The van der Waals surface area contributed by atoms with Crippen LogP contribution >= 0.6 is 0 Å². The summed E-state index contributed by atoms with van der Waals surface area (Å²) in [4.78, 5) is 13.3. The van der Waals surface area contributed by atoms with Crippen molar-refractivity contribution in [1.29, 1.82) is 0 Å². The summed E-state index contributed by atoms with van der Waals surface area (Å²) in [5.41, 5.74) is 8.05. The standard InChI is InChI=1S/C18H22N2O2/c1-20(2)18(21)17(19)12-14-8-10-16(11-9-14)22-13-15-6-4-3-5-7-15/h3-11,17H,12-13,19H2,1-2H3/t17-/m0/s1. The van der Waals surface area contributed by atoms with Crippen LogP contribution in [-0.4, -0.2) is 30.9 Å². The first-order valence-electron chi connectivity index (χ1n) is 7.28. The number of nitrogens with two attached hydrogens (primary N) is 1. The summed E-state index contributed by atoms with van der Waals surface area (Å²) in [7, 11) is 3.42. The van der Waals surface area contributed by atoms with Gasteiger partial charge in [-0.15, -0.1) is 0 Å². The number of hydrogen-bond donors (Lipinski definition) is 1. The molecule has 2 aromatic carbocycles. The maximum atomic E-state index is 11.7. The molecule has 2 rings (SSSR count). The predicted octanol–water partition coefficient (Wildman–Crippen LogP) is 2.22. The zero-order valence-corrected chi connectivity index (χ0v) is 13.0. The normalized spacial score (nSPS) is 11.8. The van der Waals surface area contributed by atoms with E-state index in [1.165, 1.54) is 4.90 Å². The first kappa shape index (κ1) is 16.0. The number of nitrogens with zero attached hydrogens (tertiary/aromatic N) is 1. The number of benzene rings is 2. The van der Waals surface area contributed by atoms with Crippen LogP contribution in [0.2, 0.25) is 0 Å². The fourth-order valence-corrected chi connectivity index (χ4v) is 2.14. The molecule has 0 unspecified atom stereocenters. The van der Waals surface area contributed by atoms with Crippen LogP contribution in [0.5, 0.6) is 5.75 Å². The first-order valence-corrected chi connectivity index (χ1v) is 7.28. The van der Waals surface area contributed by atoms with Gasteiger partial charge in [-0.25, -0.2) is 0 Å². The molecule has 0 aromatic heterocycles. The Balaban J connectivity index is 1.89. The predicted molar refractivity (Wildman–Crippen MR) is 87.6 cm³/mol. The Morgan fingerprint density at radius 2 is 1.68 bits per heavy atom. The molecule has 0 radical (unpaired) electrons. The zero-order chi connectivity index (χ0) is 15.9. The summed E-state index contributed by atoms with van der Waals surface area (Å²) in [6.07, 6.45) is 0.524. The van der Waals surface area contributed by atoms with Gasteiger partial charge in [0.05, 0.1) is 6.04 Å². The van der Waals surface area contributed by atoms with Gasteiger partial charge in [-0.1, -0.05) is 42.5 Å². The van der Waals surface area contributed by atoms with Gasteiger partial charge >= 0.3 is 0 Å². The van der Waals surface area contributed by atoms with Crippen LogP contribution in [0.15, 0.2) is 54.6 Å². The van der Waals surface area contributed by atoms with Gasteiger partial charge in [-0.3, -0.25) is 4.79 Å². The summed E-state index contributed by atoms with van der Waals surface area (Å²) in [5, 5.41) is 0. The number of ether oxygens (including phenoxy) is 1. The van der Waals surface area contributed by atoms with Crippen molar-refractivity contribution >= 4 is 5.91 Å². The third-order valence-electron chi connectivity index (χ3n) is 3.39. The number of hydrogen-bond acceptors (Lipinski definition) is 3. The molecule has 0 saturated heterocycles. The average Bonchev–Trinajstić information content (AvgIpc) is 2.54. The minimum atomic E-state index is -0.508. The van der Waals surface area contributed by atoms with Crippen LogP contribution < -0.4 is 10.5 Å². The molecule has 0 bridgehead atoms. The van der Waals surface area contributed by atoms with Crippen LogP contribution in [0.3, 0.4) is 0 Å². The lowest BCUT2D eigenvalue weighted by Gasteiger charge is -2.16. The summed E-state index contributed by atoms with van der Waals surface area (Å²) >= 11 is 0. The molecule has 0 aliphatic rings. The van der Waals surface area contributed by atoms with Gasteiger partial charge in [0.15, 0.2) is 0 Å². The number of amides is 1. The number of carbonyl (C=O) groups is 1. The first-order chi connectivity index (χ1) is 10.6. The monoisotopic (exact) mass is 298 g/mol. The van der Waals surface area contributed by atoms with E-state index >= 15 is 0 Å². The molecule has 0 spiro atoms. The second-order valence-corrected chi connectivity index (χ2v) is 5.46. The van der Waals surface area contributed by atoms with Crippen molar-refractivity contribution in [3.05, 3.63) is 65.7 Å². The molecule has 4 heteroatoms. The van der Waals surface area contributed by atoms with Gasteiger partial charge in [0.25, 0.3) is 0 Å². The fourth-order valence-electron chi connectivity index (χ4n) is 2.14. The van der Waals surface area contributed by atoms with E-state index in [9.17, 15) is 4.79 Å². The highest BCUT2D eigenvalue weighted by atomic mass is 16.5. The second-order valence-electron chi connectivity index (χ2n) is 5.46. The molecule has 22 heavy (non-hydrogen) atoms. The van der Waals surface area contributed by atoms with Gasteiger partial charge in [0, 0.05) is 14.1 Å². The molecule has 1 atom stereocenters. The quantitative estimate of drug-likeness (QED) is 0.889. The lowest BCUT2D eigenvalue weighted by molar-refractivity contribution is -0.130. The third kappa shape index (κ3) is 4.60. The molecular formula is C18H22N2O2. The van der Waals surface area contributed by atoms with Crippen molar-refractivity contribution < 1.29 is 9.53 Å². The summed E-state index contributed by atoms with van der Waals surface area (Å²) in [6, 6.07) is 17.2. The molecule has 2 aromatic rings. The molecule has 116 valence electrons. The maximum Gasteiger partial charge on any atom is 0.239 e. The van der Waals surface area contributed by atoms with Crippen LogP contribution in [0.1, 0.15) is 11.1 Å². The average molecular weight is 298 g/mol. The lowest BCUT2D eigenvalue weighted by Crippen LogP contribution is -2.41. The van der Waals surface area contributed by atoms with E-state index in [0.29, 0.717) is 13.0 Å². The molecule has 0 fully saturated rings. The highest BCUT2D eigenvalue weighted by Crippen LogP contribution is 2.15. The van der Waals surface area contributed by atoms with Gasteiger partial charge < -0.3 is 15.4 Å². The van der Waals surface area contributed by atoms with E-state index in [1.807, 2.05) is 54.6 Å². The van der Waals surface area contributed by atoms with Crippen molar-refractivity contribution in [2.24, 2.45) is 5.73 Å². The van der Waals surface area contributed by atoms with E-state index < -0.39 is 6.04 Å². The van der Waals surface area contributed by atoms with Crippen LogP contribution in [0, 0.1) is 0 Å². The van der Waals surface area contributed by atoms with Crippen LogP contribution in [0.4, 0.5) is 0 Å². The van der Waals surface area contributed by atoms with Crippen molar-refractivity contribution in [3.8, 4) is 5.75 Å². The number of rotatable bonds is 6. The fraction of sp³-hybridized carbons (Fsp3) is 0.278. The van der Waals surface area contributed by atoms with Crippen LogP contribution in [-0.2, 0) is 17.8 Å². The Hall–Kier alpha value is -2.33. The van der Waals surface area contributed by atoms with Gasteiger partial charge in [-0.05, 0) is 29.7 Å². The topological polar surface area (TPSA) is 55.6 Å². The molecular weight excluding hydrogens is 276 g/mol. The molecule has 4 nitrogen and oxygen atoms in total. The maximum absolute atomic E-state index is 11.7. The van der Waals surface area contributed by atoms with Gasteiger partial charge in [0.2, 0.25) is 5.91 Å². The Labute approximate surface area is 131 Å². The van der Waals surface area contributed by atoms with Crippen molar-refractivity contribution in [1.82, 2.24) is 4.90 Å². The SMILES string of the molecule is CN(C)C(=O)[C@@H](N)Cc1ccc(OCc2ccccc2)cc1. The summed E-state index contributed by atoms with van der Waals surface area (Å²) in [5.74, 6) is 0.740. The second kappa shape index (κ2) is 7.61. The van der Waals surface area contributed by atoms with Crippen molar-refractivity contribution in [2.75, 3.05) is 14.1 Å². The number of carbonyl (C=O) groups excluding carboxylic acids is 1.